The molecule has 0 radical (unpaired) electrons. The lowest BCUT2D eigenvalue weighted by molar-refractivity contribution is 0.341. The molecule has 1 unspecified atom stereocenters. The summed E-state index contributed by atoms with van der Waals surface area (Å²) in [5.41, 5.74) is 5.22. The zero-order chi connectivity index (χ0) is 13.8. The molecule has 1 aromatic heterocycles. The Morgan fingerprint density at radius 3 is 2.79 bits per heavy atom. The van der Waals surface area contributed by atoms with E-state index < -0.39 is 0 Å². The van der Waals surface area contributed by atoms with Crippen molar-refractivity contribution in [2.75, 3.05) is 11.9 Å². The van der Waals surface area contributed by atoms with Gasteiger partial charge < -0.3 is 10.1 Å². The summed E-state index contributed by atoms with van der Waals surface area (Å²) in [6.07, 6.45) is 0. The van der Waals surface area contributed by atoms with E-state index >= 15 is 0 Å². The van der Waals surface area contributed by atoms with Crippen LogP contribution in [0.4, 0.5) is 5.69 Å². The van der Waals surface area contributed by atoms with E-state index in [1.165, 1.54) is 10.4 Å². The molecular formula is C15H20N2OS. The molecule has 0 aliphatic rings. The van der Waals surface area contributed by atoms with Gasteiger partial charge in [0.2, 0.25) is 0 Å². The number of rotatable bonds is 5. The maximum atomic E-state index is 5.69. The predicted molar refractivity (Wildman–Crippen MR) is 81.2 cm³/mol. The van der Waals surface area contributed by atoms with Crippen LogP contribution in [0.5, 0.6) is 5.75 Å². The Morgan fingerprint density at radius 1 is 1.37 bits per heavy atom. The van der Waals surface area contributed by atoms with Gasteiger partial charge in [-0.25, -0.2) is 4.98 Å². The van der Waals surface area contributed by atoms with Crippen LogP contribution in [0.15, 0.2) is 23.7 Å². The normalized spacial score (nSPS) is 12.2. The molecule has 102 valence electrons. The van der Waals surface area contributed by atoms with Crippen LogP contribution >= 0.6 is 11.3 Å². The zero-order valence-corrected chi connectivity index (χ0v) is 12.7. The van der Waals surface area contributed by atoms with Crippen LogP contribution in [-0.4, -0.2) is 11.6 Å². The van der Waals surface area contributed by atoms with Gasteiger partial charge in [0.05, 0.1) is 29.5 Å². The monoisotopic (exact) mass is 276 g/mol. The van der Waals surface area contributed by atoms with E-state index in [-0.39, 0.29) is 6.04 Å². The van der Waals surface area contributed by atoms with Crippen LogP contribution in [0.3, 0.4) is 0 Å². The van der Waals surface area contributed by atoms with Crippen LogP contribution in [0.1, 0.15) is 36.0 Å². The van der Waals surface area contributed by atoms with Gasteiger partial charge in [0.25, 0.3) is 0 Å². The van der Waals surface area contributed by atoms with Gasteiger partial charge in [-0.3, -0.25) is 0 Å². The maximum absolute atomic E-state index is 5.69. The number of thiazole rings is 1. The highest BCUT2D eigenvalue weighted by molar-refractivity contribution is 7.09. The quantitative estimate of drug-likeness (QED) is 0.882. The third kappa shape index (κ3) is 3.26. The summed E-state index contributed by atoms with van der Waals surface area (Å²) in [7, 11) is 0. The van der Waals surface area contributed by atoms with Crippen molar-refractivity contribution in [1.29, 1.82) is 0 Å². The number of hydrogen-bond acceptors (Lipinski definition) is 4. The van der Waals surface area contributed by atoms with Crippen molar-refractivity contribution in [2.24, 2.45) is 0 Å². The minimum absolute atomic E-state index is 0.231. The van der Waals surface area contributed by atoms with Crippen LogP contribution in [0.2, 0.25) is 0 Å². The van der Waals surface area contributed by atoms with Crippen LogP contribution < -0.4 is 10.1 Å². The number of anilines is 1. The van der Waals surface area contributed by atoms with Gasteiger partial charge in [-0.2, -0.15) is 0 Å². The van der Waals surface area contributed by atoms with E-state index in [0.29, 0.717) is 6.61 Å². The molecule has 0 amide bonds. The minimum Gasteiger partial charge on any atom is -0.492 e. The second-order valence-corrected chi connectivity index (χ2v) is 5.49. The SMILES string of the molecule is CCOc1cc(C)ccc1NC(C)c1scnc1C. The first-order valence-corrected chi connectivity index (χ1v) is 7.39. The molecule has 4 heteroatoms. The predicted octanol–water partition coefficient (Wildman–Crippen LogP) is 4.33. The van der Waals surface area contributed by atoms with Gasteiger partial charge in [-0.05, 0) is 45.4 Å². The topological polar surface area (TPSA) is 34.1 Å². The standard InChI is InChI=1S/C15H20N2OS/c1-5-18-14-8-10(2)6-7-13(14)17-12(4)15-11(3)16-9-19-15/h6-9,12,17H,5H2,1-4H3. The van der Waals surface area contributed by atoms with Gasteiger partial charge in [0.1, 0.15) is 5.75 Å². The Morgan fingerprint density at radius 2 is 2.16 bits per heavy atom. The first-order valence-electron chi connectivity index (χ1n) is 6.51. The van der Waals surface area contributed by atoms with E-state index in [9.17, 15) is 0 Å². The Hall–Kier alpha value is -1.55. The second-order valence-electron chi connectivity index (χ2n) is 4.60. The zero-order valence-electron chi connectivity index (χ0n) is 11.9. The average Bonchev–Trinajstić information content (AvgIpc) is 2.79. The van der Waals surface area contributed by atoms with Crippen LogP contribution in [0.25, 0.3) is 0 Å². The fourth-order valence-electron chi connectivity index (χ4n) is 2.05. The summed E-state index contributed by atoms with van der Waals surface area (Å²) in [5, 5.41) is 3.51. The van der Waals surface area contributed by atoms with E-state index in [4.69, 9.17) is 4.74 Å². The minimum atomic E-state index is 0.231. The number of aryl methyl sites for hydroxylation is 2. The van der Waals surface area contributed by atoms with E-state index in [1.54, 1.807) is 11.3 Å². The first kappa shape index (κ1) is 13.9. The average molecular weight is 276 g/mol. The third-order valence-corrected chi connectivity index (χ3v) is 4.10. The molecule has 3 nitrogen and oxygen atoms in total. The Balaban J connectivity index is 2.21. The van der Waals surface area contributed by atoms with Crippen LogP contribution in [0, 0.1) is 13.8 Å². The largest absolute Gasteiger partial charge is 0.492 e. The lowest BCUT2D eigenvalue weighted by Gasteiger charge is -2.18. The molecule has 0 aliphatic heterocycles. The van der Waals surface area contributed by atoms with E-state index in [0.717, 1.165) is 17.1 Å². The van der Waals surface area contributed by atoms with Crippen molar-refractivity contribution in [3.63, 3.8) is 0 Å². The highest BCUT2D eigenvalue weighted by Crippen LogP contribution is 2.31. The Bertz CT molecular complexity index is 551. The molecule has 0 fully saturated rings. The molecule has 2 aromatic rings. The summed E-state index contributed by atoms with van der Waals surface area (Å²) < 4.78 is 5.69. The van der Waals surface area contributed by atoms with Crippen molar-refractivity contribution in [3.05, 3.63) is 39.8 Å². The maximum Gasteiger partial charge on any atom is 0.142 e. The highest BCUT2D eigenvalue weighted by atomic mass is 32.1. The number of benzene rings is 1. The molecule has 1 atom stereocenters. The molecule has 1 aromatic carbocycles. The van der Waals surface area contributed by atoms with Crippen molar-refractivity contribution in [3.8, 4) is 5.75 Å². The van der Waals surface area contributed by atoms with Gasteiger partial charge in [-0.1, -0.05) is 6.07 Å². The third-order valence-electron chi connectivity index (χ3n) is 2.98. The van der Waals surface area contributed by atoms with Crippen LogP contribution in [-0.2, 0) is 0 Å². The van der Waals surface area contributed by atoms with Crippen molar-refractivity contribution < 1.29 is 4.74 Å². The Labute approximate surface area is 118 Å². The molecular weight excluding hydrogens is 256 g/mol. The van der Waals surface area contributed by atoms with Crippen molar-refractivity contribution >= 4 is 17.0 Å². The molecule has 0 aliphatic carbocycles. The molecule has 0 spiro atoms. The number of hydrogen-bond donors (Lipinski definition) is 1. The first-order chi connectivity index (χ1) is 9.11. The lowest BCUT2D eigenvalue weighted by Crippen LogP contribution is -2.08. The number of nitrogens with zero attached hydrogens (tertiary/aromatic N) is 1. The fourth-order valence-corrected chi connectivity index (χ4v) is 2.86. The summed E-state index contributed by atoms with van der Waals surface area (Å²) in [6, 6.07) is 6.47. The van der Waals surface area contributed by atoms with E-state index in [1.807, 2.05) is 19.4 Å². The van der Waals surface area contributed by atoms with E-state index in [2.05, 4.69) is 42.3 Å². The highest BCUT2D eigenvalue weighted by Gasteiger charge is 2.13. The van der Waals surface area contributed by atoms with Gasteiger partial charge in [0.15, 0.2) is 0 Å². The summed E-state index contributed by atoms with van der Waals surface area (Å²) in [5.74, 6) is 0.913. The molecule has 19 heavy (non-hydrogen) atoms. The molecule has 1 N–H and O–H groups in total. The number of aromatic nitrogens is 1. The summed E-state index contributed by atoms with van der Waals surface area (Å²) in [6.45, 7) is 8.94. The second kappa shape index (κ2) is 6.06. The molecule has 0 bridgehead atoms. The molecule has 0 saturated carbocycles. The van der Waals surface area contributed by atoms with Gasteiger partial charge >= 0.3 is 0 Å². The van der Waals surface area contributed by atoms with Gasteiger partial charge in [-0.15, -0.1) is 11.3 Å². The molecule has 1 heterocycles. The number of nitrogens with one attached hydrogen (secondary N) is 1. The fraction of sp³-hybridized carbons (Fsp3) is 0.400. The summed E-state index contributed by atoms with van der Waals surface area (Å²) in [4.78, 5) is 5.57. The molecule has 0 saturated heterocycles. The Kier molecular flexibility index (Phi) is 4.43. The smallest absolute Gasteiger partial charge is 0.142 e. The number of ether oxygens (including phenoxy) is 1. The van der Waals surface area contributed by atoms with Crippen molar-refractivity contribution in [2.45, 2.75) is 33.7 Å². The van der Waals surface area contributed by atoms with Crippen molar-refractivity contribution in [1.82, 2.24) is 4.98 Å². The lowest BCUT2D eigenvalue weighted by atomic mass is 10.1. The van der Waals surface area contributed by atoms with Gasteiger partial charge in [0, 0.05) is 4.88 Å². The molecule has 2 rings (SSSR count). The summed E-state index contributed by atoms with van der Waals surface area (Å²) >= 11 is 1.68.